The molecule has 0 N–H and O–H groups in total. The normalized spacial score (nSPS) is 12.0. The molecule has 60 heavy (non-hydrogen) atoms. The molecule has 0 aliphatic heterocycles. The van der Waals surface area contributed by atoms with Crippen molar-refractivity contribution in [3.63, 3.8) is 0 Å². The predicted molar refractivity (Wildman–Crippen MR) is 245 cm³/mol. The zero-order valence-corrected chi connectivity index (χ0v) is 32.6. The molecule has 0 saturated carbocycles. The second-order valence-electron chi connectivity index (χ2n) is 15.0. The van der Waals surface area contributed by atoms with Crippen LogP contribution in [0, 0.1) is 0 Å². The molecule has 0 radical (unpaired) electrons. The summed E-state index contributed by atoms with van der Waals surface area (Å²) in [5, 5.41) is 6.87. The van der Waals surface area contributed by atoms with Crippen LogP contribution in [-0.4, -0.2) is 29.1 Å². The molecule has 0 fully saturated rings. The van der Waals surface area contributed by atoms with E-state index in [0.717, 1.165) is 82.5 Å². The lowest BCUT2D eigenvalue weighted by molar-refractivity contribution is 0.620. The second-order valence-corrected chi connectivity index (χ2v) is 16.1. The van der Waals surface area contributed by atoms with Crippen molar-refractivity contribution in [2.45, 2.75) is 0 Å². The number of thiophene rings is 1. The van der Waals surface area contributed by atoms with E-state index < -0.39 is 0 Å². The van der Waals surface area contributed by atoms with Crippen LogP contribution in [0.3, 0.4) is 0 Å². The third-order valence-corrected chi connectivity index (χ3v) is 12.8. The Morgan fingerprint density at radius 3 is 1.83 bits per heavy atom. The highest BCUT2D eigenvalue weighted by molar-refractivity contribution is 7.25. The molecule has 8 heteroatoms. The van der Waals surface area contributed by atoms with Crippen molar-refractivity contribution < 1.29 is 4.42 Å². The van der Waals surface area contributed by atoms with E-state index in [-0.39, 0.29) is 0 Å². The van der Waals surface area contributed by atoms with E-state index in [1.54, 1.807) is 11.3 Å². The van der Waals surface area contributed by atoms with Crippen molar-refractivity contribution >= 4 is 86.2 Å². The number of benzene rings is 8. The largest absolute Gasteiger partial charge is 0.436 e. The molecule has 7 nitrogen and oxygen atoms in total. The van der Waals surface area contributed by atoms with Crippen LogP contribution < -0.4 is 0 Å². The summed E-state index contributed by atoms with van der Waals surface area (Å²) in [5.41, 5.74) is 9.63. The van der Waals surface area contributed by atoms with Crippen LogP contribution in [-0.2, 0) is 0 Å². The Morgan fingerprint density at radius 1 is 0.417 bits per heavy atom. The SMILES string of the molecule is c1ccc(-c2nc(-c3cccc4sc5ccccc5c34)nc(-n3c4ccccc4c4ccc5c6ccccc6n(-c6ccc(-c7nc8ccccc8o7)cc6)c5c43)n2)cc1. The molecule has 5 heterocycles. The first-order valence-corrected chi connectivity index (χ1v) is 20.7. The van der Waals surface area contributed by atoms with E-state index in [1.807, 2.05) is 42.5 Å². The maximum Gasteiger partial charge on any atom is 0.238 e. The predicted octanol–water partition coefficient (Wildman–Crippen LogP) is 13.6. The Hall–Kier alpha value is -7.94. The zero-order valence-electron chi connectivity index (χ0n) is 31.8. The van der Waals surface area contributed by atoms with Gasteiger partial charge in [-0.05, 0) is 60.7 Å². The summed E-state index contributed by atoms with van der Waals surface area (Å²) < 4.78 is 13.2. The maximum atomic E-state index is 6.16. The molecule has 0 bridgehead atoms. The number of para-hydroxylation sites is 4. The third kappa shape index (κ3) is 4.88. The van der Waals surface area contributed by atoms with Gasteiger partial charge in [-0.1, -0.05) is 121 Å². The van der Waals surface area contributed by atoms with Gasteiger partial charge in [-0.2, -0.15) is 9.97 Å². The lowest BCUT2D eigenvalue weighted by atomic mass is 10.1. The van der Waals surface area contributed by atoms with Crippen molar-refractivity contribution in [1.82, 2.24) is 29.1 Å². The van der Waals surface area contributed by atoms with Gasteiger partial charge in [-0.15, -0.1) is 11.3 Å². The van der Waals surface area contributed by atoms with E-state index in [4.69, 9.17) is 24.4 Å². The van der Waals surface area contributed by atoms with Crippen molar-refractivity contribution in [1.29, 1.82) is 0 Å². The smallest absolute Gasteiger partial charge is 0.238 e. The fourth-order valence-corrected chi connectivity index (χ4v) is 10.1. The van der Waals surface area contributed by atoms with Gasteiger partial charge >= 0.3 is 0 Å². The van der Waals surface area contributed by atoms with Gasteiger partial charge in [0, 0.05) is 64.1 Å². The molecule has 0 spiro atoms. The average Bonchev–Trinajstić information content (AvgIpc) is 4.08. The van der Waals surface area contributed by atoms with Crippen LogP contribution in [0.2, 0.25) is 0 Å². The highest BCUT2D eigenvalue weighted by atomic mass is 32.1. The first-order chi connectivity index (χ1) is 29.7. The van der Waals surface area contributed by atoms with Crippen LogP contribution in [0.15, 0.2) is 186 Å². The van der Waals surface area contributed by atoms with Gasteiger partial charge in [-0.3, -0.25) is 4.57 Å². The molecule has 0 amide bonds. The summed E-state index contributed by atoms with van der Waals surface area (Å²) in [6, 6.07) is 63.3. The van der Waals surface area contributed by atoms with Gasteiger partial charge in [0.1, 0.15) is 5.52 Å². The number of rotatable bonds is 5. The Morgan fingerprint density at radius 2 is 1.05 bits per heavy atom. The fraction of sp³-hybridized carbons (Fsp3) is 0. The molecular weight excluding hydrogens is 757 g/mol. The number of fused-ring (bicyclic) bond motifs is 11. The molecule has 280 valence electrons. The molecule has 8 aromatic carbocycles. The number of hydrogen-bond acceptors (Lipinski definition) is 6. The van der Waals surface area contributed by atoms with Crippen LogP contribution in [0.1, 0.15) is 0 Å². The number of nitrogens with zero attached hydrogens (tertiary/aromatic N) is 6. The minimum absolute atomic E-state index is 0.553. The standard InChI is InChI=1S/C52H30N6OS/c1-2-13-31(14-3-1)49-54-50(39-18-12-24-45-46(39)38-17-6-11-23-44(38)60-45)56-52(55-49)58-42-21-9-5-16-35(42)37-30-29-36-34-15-4-8-20-41(34)57(47(36)48(37)58)33-27-25-32(26-28-33)51-53-40-19-7-10-22-43(40)59-51/h1-30H. The molecule has 0 saturated heterocycles. The van der Waals surface area contributed by atoms with E-state index in [0.29, 0.717) is 23.5 Å². The molecule has 13 rings (SSSR count). The highest BCUT2D eigenvalue weighted by Crippen LogP contribution is 2.43. The van der Waals surface area contributed by atoms with Crippen LogP contribution in [0.4, 0.5) is 0 Å². The number of oxazole rings is 1. The molecule has 0 aliphatic carbocycles. The first kappa shape index (κ1) is 33.1. The van der Waals surface area contributed by atoms with Crippen LogP contribution >= 0.6 is 11.3 Å². The number of aromatic nitrogens is 6. The Labute approximate surface area is 346 Å². The molecule has 5 aromatic heterocycles. The molecule has 0 unspecified atom stereocenters. The van der Waals surface area contributed by atoms with Crippen molar-refractivity contribution in [3.05, 3.63) is 182 Å². The highest BCUT2D eigenvalue weighted by Gasteiger charge is 2.24. The van der Waals surface area contributed by atoms with E-state index in [1.165, 1.54) is 14.8 Å². The summed E-state index contributed by atoms with van der Waals surface area (Å²) in [5.74, 6) is 2.39. The van der Waals surface area contributed by atoms with E-state index in [2.05, 4.69) is 149 Å². The van der Waals surface area contributed by atoms with Crippen molar-refractivity contribution in [2.24, 2.45) is 0 Å². The van der Waals surface area contributed by atoms with Crippen LogP contribution in [0.25, 0.3) is 121 Å². The lowest BCUT2D eigenvalue weighted by Gasteiger charge is -2.14. The van der Waals surface area contributed by atoms with Gasteiger partial charge in [0.2, 0.25) is 11.8 Å². The lowest BCUT2D eigenvalue weighted by Crippen LogP contribution is -2.07. The summed E-state index contributed by atoms with van der Waals surface area (Å²) >= 11 is 1.79. The summed E-state index contributed by atoms with van der Waals surface area (Å²) in [6.07, 6.45) is 0. The monoisotopic (exact) mass is 786 g/mol. The zero-order chi connectivity index (χ0) is 39.3. The average molecular weight is 787 g/mol. The Balaban J connectivity index is 1.12. The molecular formula is C52H30N6OS. The van der Waals surface area contributed by atoms with E-state index in [9.17, 15) is 0 Å². The Kier molecular flexibility index (Phi) is 7.05. The first-order valence-electron chi connectivity index (χ1n) is 19.9. The minimum Gasteiger partial charge on any atom is -0.436 e. The topological polar surface area (TPSA) is 74.6 Å². The summed E-state index contributed by atoms with van der Waals surface area (Å²) in [6.45, 7) is 0. The van der Waals surface area contributed by atoms with Gasteiger partial charge in [-0.25, -0.2) is 9.97 Å². The number of hydrogen-bond donors (Lipinski definition) is 0. The second kappa shape index (κ2) is 12.8. The van der Waals surface area contributed by atoms with E-state index >= 15 is 0 Å². The van der Waals surface area contributed by atoms with Gasteiger partial charge < -0.3 is 8.98 Å². The molecule has 0 aliphatic rings. The van der Waals surface area contributed by atoms with Crippen molar-refractivity contribution in [2.75, 3.05) is 0 Å². The van der Waals surface area contributed by atoms with Crippen molar-refractivity contribution in [3.8, 4) is 45.9 Å². The van der Waals surface area contributed by atoms with Gasteiger partial charge in [0.05, 0.1) is 22.1 Å². The van der Waals surface area contributed by atoms with Crippen LogP contribution in [0.5, 0.6) is 0 Å². The minimum atomic E-state index is 0.553. The fourth-order valence-electron chi connectivity index (χ4n) is 8.99. The third-order valence-electron chi connectivity index (χ3n) is 11.6. The Bertz CT molecular complexity index is 3810. The maximum absolute atomic E-state index is 6.16. The summed E-state index contributed by atoms with van der Waals surface area (Å²) in [7, 11) is 0. The quantitative estimate of drug-likeness (QED) is 0.174. The van der Waals surface area contributed by atoms with Gasteiger partial charge in [0.25, 0.3) is 0 Å². The van der Waals surface area contributed by atoms with Gasteiger partial charge in [0.15, 0.2) is 17.2 Å². The summed E-state index contributed by atoms with van der Waals surface area (Å²) in [4.78, 5) is 20.8. The molecule has 13 aromatic rings. The molecule has 0 atom stereocenters.